The minimum atomic E-state index is -2.10. The van der Waals surface area contributed by atoms with Crippen molar-refractivity contribution in [3.63, 3.8) is 0 Å². The predicted molar refractivity (Wildman–Crippen MR) is 140 cm³/mol. The summed E-state index contributed by atoms with van der Waals surface area (Å²) in [7, 11) is 0. The molecular weight excluding hydrogens is 520 g/mol. The smallest absolute Gasteiger partial charge is 0.333 e. The third-order valence-corrected chi connectivity index (χ3v) is 12.1. The Balaban J connectivity index is 1.65. The number of cyclic esters (lactones) is 1. The van der Waals surface area contributed by atoms with Crippen molar-refractivity contribution in [3.8, 4) is 0 Å². The molecule has 0 amide bonds. The van der Waals surface area contributed by atoms with Crippen LogP contribution in [-0.2, 0) is 23.9 Å². The fourth-order valence-corrected chi connectivity index (χ4v) is 9.37. The average molecular weight is 563 g/mol. The number of ether oxygens (including phenoxy) is 2. The molecule has 5 N–H and O–H groups in total. The Bertz CT molecular complexity index is 1210. The van der Waals surface area contributed by atoms with Gasteiger partial charge >= 0.3 is 11.9 Å². The minimum Gasteiger partial charge on any atom is -0.458 e. The Morgan fingerprint density at radius 3 is 2.38 bits per heavy atom. The highest BCUT2D eigenvalue weighted by Crippen LogP contribution is 2.71. The van der Waals surface area contributed by atoms with E-state index in [1.165, 1.54) is 6.08 Å². The molecule has 3 saturated carbocycles. The highest BCUT2D eigenvalue weighted by molar-refractivity contribution is 5.97. The van der Waals surface area contributed by atoms with Gasteiger partial charge in [0.1, 0.15) is 29.0 Å². The van der Waals surface area contributed by atoms with E-state index < -0.39 is 81.7 Å². The van der Waals surface area contributed by atoms with E-state index in [-0.39, 0.29) is 31.5 Å². The summed E-state index contributed by atoms with van der Waals surface area (Å²) in [6.07, 6.45) is -2.06. The second-order valence-corrected chi connectivity index (χ2v) is 13.4. The maximum atomic E-state index is 13.4. The molecule has 4 aliphatic carbocycles. The van der Waals surface area contributed by atoms with Crippen LogP contribution in [0.25, 0.3) is 0 Å². The number of hydrogen-bond donors (Lipinski definition) is 5. The van der Waals surface area contributed by atoms with Gasteiger partial charge in [0, 0.05) is 30.3 Å². The molecule has 0 aromatic rings. The molecular formula is C30H42O10. The summed E-state index contributed by atoms with van der Waals surface area (Å²) >= 11 is 0. The molecule has 222 valence electrons. The van der Waals surface area contributed by atoms with Gasteiger partial charge in [0.2, 0.25) is 0 Å². The normalized spacial score (nSPS) is 51.0. The molecule has 0 aromatic carbocycles. The number of allylic oxidation sites excluding steroid dienone is 1. The van der Waals surface area contributed by atoms with Crippen molar-refractivity contribution in [2.75, 3.05) is 0 Å². The summed E-state index contributed by atoms with van der Waals surface area (Å²) in [5.41, 5.74) is -7.68. The lowest BCUT2D eigenvalue weighted by atomic mass is 9.41. The number of fused-ring (bicyclic) bond motifs is 5. The molecule has 0 bridgehead atoms. The highest BCUT2D eigenvalue weighted by atomic mass is 16.6. The van der Waals surface area contributed by atoms with E-state index in [9.17, 15) is 39.9 Å². The summed E-state index contributed by atoms with van der Waals surface area (Å²) in [5, 5.41) is 60.2. The molecule has 0 radical (unpaired) electrons. The third kappa shape index (κ3) is 3.25. The second kappa shape index (κ2) is 8.94. The Labute approximate surface area is 234 Å². The zero-order chi connectivity index (χ0) is 29.8. The fraction of sp³-hybridized carbons (Fsp3) is 0.767. The van der Waals surface area contributed by atoms with Gasteiger partial charge in [-0.15, -0.1) is 0 Å². The first-order chi connectivity index (χ1) is 18.4. The average Bonchev–Trinajstić information content (AvgIpc) is 3.01. The van der Waals surface area contributed by atoms with Crippen molar-refractivity contribution < 1.29 is 49.4 Å². The number of esters is 2. The van der Waals surface area contributed by atoms with Crippen LogP contribution >= 0.6 is 0 Å². The maximum absolute atomic E-state index is 13.4. The molecule has 12 atom stereocenters. The van der Waals surface area contributed by atoms with Crippen molar-refractivity contribution in [2.24, 2.45) is 28.6 Å². The first-order valence-electron chi connectivity index (χ1n) is 14.2. The second-order valence-electron chi connectivity index (χ2n) is 13.4. The van der Waals surface area contributed by atoms with Gasteiger partial charge in [-0.25, -0.2) is 4.79 Å². The predicted octanol–water partition coefficient (Wildman–Crippen LogP) is 1.11. The number of carbonyl (C=O) groups is 3. The van der Waals surface area contributed by atoms with Crippen LogP contribution in [0.15, 0.2) is 23.3 Å². The number of hydrogen-bond acceptors (Lipinski definition) is 10. The van der Waals surface area contributed by atoms with Crippen molar-refractivity contribution in [1.82, 2.24) is 0 Å². The lowest BCUT2D eigenvalue weighted by Gasteiger charge is -2.66. The maximum Gasteiger partial charge on any atom is 0.333 e. The van der Waals surface area contributed by atoms with Gasteiger partial charge < -0.3 is 35.0 Å². The number of rotatable bonds is 3. The first-order valence-corrected chi connectivity index (χ1v) is 14.2. The molecule has 40 heavy (non-hydrogen) atoms. The Morgan fingerprint density at radius 1 is 1.12 bits per heavy atom. The highest BCUT2D eigenvalue weighted by Gasteiger charge is 2.83. The molecule has 1 heterocycles. The van der Waals surface area contributed by atoms with Crippen LogP contribution in [0.1, 0.15) is 73.6 Å². The summed E-state index contributed by atoms with van der Waals surface area (Å²) in [5.74, 6) is -4.17. The summed E-state index contributed by atoms with van der Waals surface area (Å²) < 4.78 is 11.3. The SMILES string of the molecule is CC(=O)O[C@H]1[C@@H](O)[C@@](O)([C@H](C)[C@H]2CC(C)=C(C)C(=O)O2)[C@@]2(C)CC[C@H]3[C@@H](C[C@@H](O)[C@@]4(O)CC=CC(=O)[C@]34C)[C@@]12O. The number of aliphatic hydroxyl groups excluding tert-OH is 2. The quantitative estimate of drug-likeness (QED) is 0.314. The molecule has 0 spiro atoms. The molecule has 0 aromatic heterocycles. The number of aliphatic hydroxyl groups is 5. The fourth-order valence-electron chi connectivity index (χ4n) is 9.37. The molecule has 5 rings (SSSR count). The molecule has 1 aliphatic heterocycles. The number of ketones is 1. The molecule has 10 nitrogen and oxygen atoms in total. The van der Waals surface area contributed by atoms with E-state index in [0.717, 1.165) is 12.5 Å². The van der Waals surface area contributed by atoms with Gasteiger partial charge in [-0.2, -0.15) is 0 Å². The lowest BCUT2D eigenvalue weighted by Crippen LogP contribution is -2.75. The van der Waals surface area contributed by atoms with Crippen molar-refractivity contribution in [3.05, 3.63) is 23.3 Å². The summed E-state index contributed by atoms with van der Waals surface area (Å²) in [6, 6.07) is 0. The Hall–Kier alpha value is -2.11. The van der Waals surface area contributed by atoms with Gasteiger partial charge in [-0.05, 0) is 64.4 Å². The van der Waals surface area contributed by atoms with Crippen LogP contribution in [0, 0.1) is 28.6 Å². The summed E-state index contributed by atoms with van der Waals surface area (Å²) in [6.45, 7) is 9.48. The third-order valence-electron chi connectivity index (χ3n) is 12.1. The van der Waals surface area contributed by atoms with E-state index in [4.69, 9.17) is 9.47 Å². The molecule has 0 saturated heterocycles. The van der Waals surface area contributed by atoms with Crippen LogP contribution in [0.4, 0.5) is 0 Å². The lowest BCUT2D eigenvalue weighted by molar-refractivity contribution is -0.292. The Morgan fingerprint density at radius 2 is 1.77 bits per heavy atom. The van der Waals surface area contributed by atoms with E-state index in [2.05, 4.69) is 0 Å². The zero-order valence-corrected chi connectivity index (χ0v) is 24.0. The van der Waals surface area contributed by atoms with E-state index in [1.807, 2.05) is 0 Å². The van der Waals surface area contributed by atoms with E-state index in [1.54, 1.807) is 40.7 Å². The van der Waals surface area contributed by atoms with Crippen molar-refractivity contribution in [2.45, 2.75) is 115 Å². The number of carbonyl (C=O) groups excluding carboxylic acids is 3. The van der Waals surface area contributed by atoms with Crippen LogP contribution in [0.2, 0.25) is 0 Å². The van der Waals surface area contributed by atoms with Crippen LogP contribution in [0.5, 0.6) is 0 Å². The van der Waals surface area contributed by atoms with E-state index in [0.29, 0.717) is 12.0 Å². The zero-order valence-electron chi connectivity index (χ0n) is 24.0. The van der Waals surface area contributed by atoms with Crippen molar-refractivity contribution in [1.29, 1.82) is 0 Å². The van der Waals surface area contributed by atoms with Gasteiger partial charge in [0.15, 0.2) is 11.9 Å². The molecule has 3 fully saturated rings. The van der Waals surface area contributed by atoms with Crippen LogP contribution in [-0.4, -0.2) is 84.5 Å². The van der Waals surface area contributed by atoms with Crippen LogP contribution < -0.4 is 0 Å². The minimum absolute atomic E-state index is 0.0611. The van der Waals surface area contributed by atoms with Crippen molar-refractivity contribution >= 4 is 17.7 Å². The Kier molecular flexibility index (Phi) is 6.57. The van der Waals surface area contributed by atoms with E-state index >= 15 is 0 Å². The van der Waals surface area contributed by atoms with Gasteiger partial charge in [-0.3, -0.25) is 9.59 Å². The van der Waals surface area contributed by atoms with Gasteiger partial charge in [0.05, 0.1) is 11.5 Å². The monoisotopic (exact) mass is 562 g/mol. The van der Waals surface area contributed by atoms with Gasteiger partial charge in [-0.1, -0.05) is 25.5 Å². The standard InChI is InChI=1S/C30H42O10/c1-14-12-20(40-25(35)15(14)2)16(3)29(37)23(34)24(39-17(4)31)30(38)19-13-22(33)28(36)10-7-8-21(32)27(28,6)18(19)9-11-26(29,30)5/h7-8,16,18-20,22-24,33-34,36-38H,9-13H2,1-6H3/t16-,18+,19-,20-,22-,23-,24+,26-,27+,28+,29+,30-/m1/s1. The first kappa shape index (κ1) is 29.4. The van der Waals surface area contributed by atoms with Crippen LogP contribution in [0.3, 0.4) is 0 Å². The largest absolute Gasteiger partial charge is 0.458 e. The topological polar surface area (TPSA) is 171 Å². The molecule has 0 unspecified atom stereocenters. The molecule has 5 aliphatic rings. The van der Waals surface area contributed by atoms with Gasteiger partial charge in [0.25, 0.3) is 0 Å². The summed E-state index contributed by atoms with van der Waals surface area (Å²) in [4.78, 5) is 38.3. The molecule has 10 heteroatoms.